The van der Waals surface area contributed by atoms with Gasteiger partial charge in [-0.25, -0.2) is 0 Å². The minimum absolute atomic E-state index is 0.160. The van der Waals surface area contributed by atoms with Gasteiger partial charge in [-0.2, -0.15) is 5.26 Å². The van der Waals surface area contributed by atoms with E-state index in [1.165, 1.54) is 25.7 Å². The van der Waals surface area contributed by atoms with Crippen LogP contribution in [-0.2, 0) is 9.53 Å². The van der Waals surface area contributed by atoms with Gasteiger partial charge in [0.05, 0.1) is 6.07 Å². The Kier molecular flexibility index (Phi) is 10.1. The average Bonchev–Trinajstić information content (AvgIpc) is 3.31. The first-order chi connectivity index (χ1) is 10.0. The third-order valence-electron chi connectivity index (χ3n) is 4.26. The van der Waals surface area contributed by atoms with Crippen LogP contribution in [0.5, 0.6) is 0 Å². The molecule has 2 fully saturated rings. The van der Waals surface area contributed by atoms with Gasteiger partial charge in [-0.05, 0) is 64.1 Å². The molecule has 0 radical (unpaired) electrons. The lowest BCUT2D eigenvalue weighted by Gasteiger charge is -2.36. The summed E-state index contributed by atoms with van der Waals surface area (Å²) >= 11 is 0. The number of piperidine rings is 1. The highest BCUT2D eigenvalue weighted by Crippen LogP contribution is 2.33. The Bertz CT molecular complexity index is 313. The maximum Gasteiger partial charge on any atom is 0.293 e. The van der Waals surface area contributed by atoms with Crippen LogP contribution in [-0.4, -0.2) is 37.6 Å². The van der Waals surface area contributed by atoms with Crippen molar-refractivity contribution in [1.29, 1.82) is 5.26 Å². The molecule has 4 heteroatoms. The van der Waals surface area contributed by atoms with E-state index in [2.05, 4.69) is 29.7 Å². The van der Waals surface area contributed by atoms with Crippen LogP contribution in [0.3, 0.4) is 0 Å². The van der Waals surface area contributed by atoms with Gasteiger partial charge < -0.3 is 9.64 Å². The van der Waals surface area contributed by atoms with Gasteiger partial charge in [0, 0.05) is 6.42 Å². The average molecular weight is 296 g/mol. The van der Waals surface area contributed by atoms with Crippen LogP contribution in [0.25, 0.3) is 0 Å². The largest absolute Gasteiger partial charge is 0.465 e. The van der Waals surface area contributed by atoms with E-state index < -0.39 is 0 Å². The van der Waals surface area contributed by atoms with Crippen LogP contribution >= 0.6 is 0 Å². The van der Waals surface area contributed by atoms with Crippen LogP contribution in [0.15, 0.2) is 0 Å². The molecule has 4 nitrogen and oxygen atoms in total. The summed E-state index contributed by atoms with van der Waals surface area (Å²) in [5, 5.41) is 8.59. The standard InChI is InChI=1S/C9H16N2.C6H10O2.C2H6/c1-9(3-6-10)4-7-11(2)8-5-9;1-5(8-4-7)6-2-3-6;1-2/h3-5,7-8H2,1-2H3;4-6H,2-3H2,1H3;1-2H3. The van der Waals surface area contributed by atoms with E-state index in [-0.39, 0.29) is 6.10 Å². The molecule has 1 heterocycles. The molecule has 2 rings (SSSR count). The minimum atomic E-state index is 0.160. The van der Waals surface area contributed by atoms with Gasteiger partial charge in [-0.3, -0.25) is 4.79 Å². The Balaban J connectivity index is 0.000000354. The first-order valence-electron chi connectivity index (χ1n) is 8.15. The van der Waals surface area contributed by atoms with Gasteiger partial charge >= 0.3 is 0 Å². The molecule has 2 aliphatic rings. The van der Waals surface area contributed by atoms with Crippen LogP contribution in [0.4, 0.5) is 0 Å². The molecule has 0 spiro atoms. The zero-order chi connectivity index (χ0) is 16.3. The van der Waals surface area contributed by atoms with Crippen LogP contribution in [0.2, 0.25) is 0 Å². The SMILES string of the molecule is CC.CC(OC=O)C1CC1.CN1CCC(C)(CC#N)CC1. The molecule has 0 aromatic heterocycles. The molecule has 1 atom stereocenters. The smallest absolute Gasteiger partial charge is 0.293 e. The molecular weight excluding hydrogens is 264 g/mol. The Morgan fingerprint density at radius 3 is 2.29 bits per heavy atom. The molecule has 1 saturated carbocycles. The molecule has 1 aliphatic carbocycles. The molecule has 1 unspecified atom stereocenters. The van der Waals surface area contributed by atoms with Crippen molar-refractivity contribution < 1.29 is 9.53 Å². The predicted octanol–water partition coefficient (Wildman–Crippen LogP) is 3.62. The van der Waals surface area contributed by atoms with Crippen molar-refractivity contribution in [2.75, 3.05) is 20.1 Å². The second-order valence-electron chi connectivity index (χ2n) is 6.22. The maximum absolute atomic E-state index is 9.73. The van der Waals surface area contributed by atoms with Crippen molar-refractivity contribution in [3.05, 3.63) is 0 Å². The fourth-order valence-corrected chi connectivity index (χ4v) is 2.29. The molecule has 1 saturated heterocycles. The van der Waals surface area contributed by atoms with Crippen LogP contribution < -0.4 is 0 Å². The van der Waals surface area contributed by atoms with Gasteiger partial charge in [0.1, 0.15) is 6.10 Å². The summed E-state index contributed by atoms with van der Waals surface area (Å²) in [4.78, 5) is 12.1. The fourth-order valence-electron chi connectivity index (χ4n) is 2.29. The number of hydrogen-bond donors (Lipinski definition) is 0. The fraction of sp³-hybridized carbons (Fsp3) is 0.882. The highest BCUT2D eigenvalue weighted by atomic mass is 16.5. The van der Waals surface area contributed by atoms with Crippen LogP contribution in [0, 0.1) is 22.7 Å². The number of nitrogens with zero attached hydrogens (tertiary/aromatic N) is 2. The molecule has 0 amide bonds. The van der Waals surface area contributed by atoms with E-state index in [1.54, 1.807) is 0 Å². The second kappa shape index (κ2) is 10.6. The first-order valence-corrected chi connectivity index (χ1v) is 8.15. The number of carbonyl (C=O) groups excluding carboxylic acids is 1. The molecular formula is C17H32N2O2. The lowest BCUT2D eigenvalue weighted by Crippen LogP contribution is -2.35. The summed E-state index contributed by atoms with van der Waals surface area (Å²) in [6, 6.07) is 2.27. The van der Waals surface area contributed by atoms with E-state index >= 15 is 0 Å². The third-order valence-corrected chi connectivity index (χ3v) is 4.26. The zero-order valence-corrected chi connectivity index (χ0v) is 14.4. The molecule has 21 heavy (non-hydrogen) atoms. The van der Waals surface area contributed by atoms with Gasteiger partial charge in [0.15, 0.2) is 0 Å². The molecule has 0 aromatic rings. The first kappa shape index (κ1) is 19.9. The molecule has 1 aliphatic heterocycles. The number of hydrogen-bond acceptors (Lipinski definition) is 4. The summed E-state index contributed by atoms with van der Waals surface area (Å²) in [7, 11) is 2.14. The number of ether oxygens (including phenoxy) is 1. The maximum atomic E-state index is 9.73. The van der Waals surface area contributed by atoms with Crippen molar-refractivity contribution in [2.24, 2.45) is 11.3 Å². The highest BCUT2D eigenvalue weighted by molar-refractivity contribution is 5.37. The Labute approximate surface area is 130 Å². The van der Waals surface area contributed by atoms with E-state index in [1.807, 2.05) is 20.8 Å². The quantitative estimate of drug-likeness (QED) is 0.744. The minimum Gasteiger partial charge on any atom is -0.465 e. The second-order valence-corrected chi connectivity index (χ2v) is 6.22. The molecule has 0 bridgehead atoms. The summed E-state index contributed by atoms with van der Waals surface area (Å²) in [5.41, 5.74) is 0.307. The number of likely N-dealkylation sites (tertiary alicyclic amines) is 1. The van der Waals surface area contributed by atoms with E-state index in [0.29, 0.717) is 17.8 Å². The van der Waals surface area contributed by atoms with E-state index in [9.17, 15) is 4.79 Å². The summed E-state index contributed by atoms with van der Waals surface area (Å²) in [6.45, 7) is 11.0. The topological polar surface area (TPSA) is 53.3 Å². The van der Waals surface area contributed by atoms with Crippen molar-refractivity contribution in [3.63, 3.8) is 0 Å². The molecule has 0 aromatic carbocycles. The zero-order valence-electron chi connectivity index (χ0n) is 14.4. The van der Waals surface area contributed by atoms with Crippen molar-refractivity contribution >= 4 is 6.47 Å². The predicted molar refractivity (Wildman–Crippen MR) is 85.8 cm³/mol. The number of rotatable bonds is 4. The third kappa shape index (κ3) is 8.72. The molecule has 0 N–H and O–H groups in total. The van der Waals surface area contributed by atoms with Gasteiger partial charge in [-0.15, -0.1) is 0 Å². The van der Waals surface area contributed by atoms with E-state index in [4.69, 9.17) is 5.26 Å². The van der Waals surface area contributed by atoms with E-state index in [0.717, 1.165) is 19.5 Å². The number of nitriles is 1. The lowest BCUT2D eigenvalue weighted by atomic mass is 9.78. The molecule has 122 valence electrons. The van der Waals surface area contributed by atoms with Gasteiger partial charge in [0.2, 0.25) is 0 Å². The Morgan fingerprint density at radius 1 is 1.38 bits per heavy atom. The van der Waals surface area contributed by atoms with Crippen molar-refractivity contribution in [3.8, 4) is 6.07 Å². The highest BCUT2D eigenvalue weighted by Gasteiger charge is 2.29. The normalized spacial score (nSPS) is 21.5. The van der Waals surface area contributed by atoms with Gasteiger partial charge in [-0.1, -0.05) is 20.8 Å². The van der Waals surface area contributed by atoms with Crippen molar-refractivity contribution in [2.45, 2.75) is 65.9 Å². The van der Waals surface area contributed by atoms with Crippen LogP contribution in [0.1, 0.15) is 59.8 Å². The van der Waals surface area contributed by atoms with Crippen molar-refractivity contribution in [1.82, 2.24) is 4.90 Å². The summed E-state index contributed by atoms with van der Waals surface area (Å²) in [6.07, 6.45) is 5.70. The Hall–Kier alpha value is -1.08. The number of carbonyl (C=O) groups is 1. The Morgan fingerprint density at radius 2 is 1.90 bits per heavy atom. The van der Waals surface area contributed by atoms with Gasteiger partial charge in [0.25, 0.3) is 6.47 Å². The summed E-state index contributed by atoms with van der Waals surface area (Å²) < 4.78 is 4.69. The lowest BCUT2D eigenvalue weighted by molar-refractivity contribution is -0.133. The monoisotopic (exact) mass is 296 g/mol. The summed E-state index contributed by atoms with van der Waals surface area (Å²) in [5.74, 6) is 0.667.